The Hall–Kier alpha value is -4.63. The maximum Gasteiger partial charge on any atom is 0.264 e. The van der Waals surface area contributed by atoms with Crippen LogP contribution in [0.3, 0.4) is 0 Å². The molecule has 0 aliphatic rings. The Bertz CT molecular complexity index is 1690. The first kappa shape index (κ1) is 33.3. The summed E-state index contributed by atoms with van der Waals surface area (Å²) in [5, 5.41) is 2.96. The molecule has 0 fully saturated rings. The van der Waals surface area contributed by atoms with Crippen molar-refractivity contribution in [2.75, 3.05) is 10.8 Å². The number of carbonyl (C=O) groups excluding carboxylic acids is 2. The number of para-hydroxylation sites is 1. The van der Waals surface area contributed by atoms with E-state index in [4.69, 9.17) is 4.74 Å². The molecular formula is C36H41N3O5S. The van der Waals surface area contributed by atoms with Gasteiger partial charge in [-0.05, 0) is 88.2 Å². The minimum absolute atomic E-state index is 0.0540. The van der Waals surface area contributed by atoms with Crippen LogP contribution in [0.2, 0.25) is 0 Å². The van der Waals surface area contributed by atoms with Gasteiger partial charge >= 0.3 is 0 Å². The van der Waals surface area contributed by atoms with Crippen molar-refractivity contribution in [1.29, 1.82) is 0 Å². The number of carbonyl (C=O) groups is 2. The Morgan fingerprint density at radius 1 is 0.800 bits per heavy atom. The van der Waals surface area contributed by atoms with Crippen LogP contribution in [0.1, 0.15) is 43.9 Å². The van der Waals surface area contributed by atoms with E-state index in [2.05, 4.69) is 5.32 Å². The number of nitrogens with one attached hydrogen (secondary N) is 1. The summed E-state index contributed by atoms with van der Waals surface area (Å²) >= 11 is 0. The summed E-state index contributed by atoms with van der Waals surface area (Å²) in [6, 6.07) is 29.1. The van der Waals surface area contributed by atoms with Crippen LogP contribution in [0.5, 0.6) is 11.5 Å². The van der Waals surface area contributed by atoms with Gasteiger partial charge in [0, 0.05) is 12.6 Å². The molecule has 0 aromatic heterocycles. The monoisotopic (exact) mass is 627 g/mol. The number of ether oxygens (including phenoxy) is 1. The summed E-state index contributed by atoms with van der Waals surface area (Å²) in [4.78, 5) is 28.9. The molecule has 0 radical (unpaired) electrons. The molecule has 0 saturated carbocycles. The van der Waals surface area contributed by atoms with E-state index in [1.54, 1.807) is 43.3 Å². The summed E-state index contributed by atoms with van der Waals surface area (Å²) < 4.78 is 35.2. The Morgan fingerprint density at radius 3 is 2.07 bits per heavy atom. The second kappa shape index (κ2) is 14.9. The van der Waals surface area contributed by atoms with Crippen molar-refractivity contribution in [3.8, 4) is 11.5 Å². The summed E-state index contributed by atoms with van der Waals surface area (Å²) in [6.45, 7) is 8.99. The maximum absolute atomic E-state index is 14.2. The van der Waals surface area contributed by atoms with Gasteiger partial charge in [-0.15, -0.1) is 0 Å². The van der Waals surface area contributed by atoms with E-state index in [1.807, 2.05) is 82.3 Å². The fourth-order valence-electron chi connectivity index (χ4n) is 4.73. The average Bonchev–Trinajstić information content (AvgIpc) is 3.03. The van der Waals surface area contributed by atoms with E-state index in [-0.39, 0.29) is 29.1 Å². The first-order chi connectivity index (χ1) is 21.5. The molecular weight excluding hydrogens is 586 g/mol. The van der Waals surface area contributed by atoms with Crippen LogP contribution >= 0.6 is 0 Å². The van der Waals surface area contributed by atoms with Gasteiger partial charge in [0.05, 0.1) is 10.6 Å². The number of hydrogen-bond donors (Lipinski definition) is 1. The topological polar surface area (TPSA) is 96.0 Å². The van der Waals surface area contributed by atoms with Crippen LogP contribution in [0.25, 0.3) is 0 Å². The van der Waals surface area contributed by atoms with Crippen LogP contribution in [-0.2, 0) is 26.2 Å². The van der Waals surface area contributed by atoms with Gasteiger partial charge in [0.15, 0.2) is 0 Å². The minimum Gasteiger partial charge on any atom is -0.457 e. The largest absolute Gasteiger partial charge is 0.457 e. The predicted molar refractivity (Wildman–Crippen MR) is 178 cm³/mol. The molecule has 0 aliphatic carbocycles. The molecule has 0 aliphatic heterocycles. The lowest BCUT2D eigenvalue weighted by molar-refractivity contribution is -0.139. The molecule has 236 valence electrons. The third kappa shape index (κ3) is 8.73. The zero-order chi connectivity index (χ0) is 32.6. The van der Waals surface area contributed by atoms with Gasteiger partial charge in [0.25, 0.3) is 10.0 Å². The average molecular weight is 628 g/mol. The fraction of sp³-hybridized carbons (Fsp3) is 0.278. The van der Waals surface area contributed by atoms with Crippen molar-refractivity contribution in [3.05, 3.63) is 120 Å². The second-order valence-corrected chi connectivity index (χ2v) is 13.1. The summed E-state index contributed by atoms with van der Waals surface area (Å²) in [7, 11) is -4.18. The lowest BCUT2D eigenvalue weighted by Crippen LogP contribution is -2.52. The van der Waals surface area contributed by atoms with Gasteiger partial charge in [-0.25, -0.2) is 8.42 Å². The molecule has 45 heavy (non-hydrogen) atoms. The number of nitrogens with zero attached hydrogens (tertiary/aromatic N) is 2. The molecule has 8 nitrogen and oxygen atoms in total. The highest BCUT2D eigenvalue weighted by molar-refractivity contribution is 7.92. The first-order valence-electron chi connectivity index (χ1n) is 15.1. The fourth-order valence-corrected chi connectivity index (χ4v) is 6.14. The molecule has 0 bridgehead atoms. The van der Waals surface area contributed by atoms with E-state index in [0.29, 0.717) is 11.5 Å². The smallest absolute Gasteiger partial charge is 0.264 e. The molecule has 2 amide bonds. The number of aryl methyl sites for hydroxylation is 2. The number of anilines is 1. The molecule has 4 aromatic rings. The third-order valence-corrected chi connectivity index (χ3v) is 9.38. The highest BCUT2D eigenvalue weighted by Gasteiger charge is 2.33. The van der Waals surface area contributed by atoms with E-state index in [9.17, 15) is 18.0 Å². The Labute approximate surface area is 266 Å². The molecule has 1 N–H and O–H groups in total. The molecule has 0 spiro atoms. The molecule has 9 heteroatoms. The van der Waals surface area contributed by atoms with Crippen LogP contribution in [0.4, 0.5) is 5.69 Å². The Kier molecular flexibility index (Phi) is 11.0. The number of sulfonamides is 1. The van der Waals surface area contributed by atoms with Gasteiger partial charge in [-0.3, -0.25) is 13.9 Å². The van der Waals surface area contributed by atoms with Crippen molar-refractivity contribution in [1.82, 2.24) is 10.2 Å². The SMILES string of the molecule is CC[C@H](C)NC(=O)[C@H](C)N(Cc1cccc(C)c1)C(=O)CN(c1ccc(Oc2ccccc2)cc1)S(=O)(=O)c1ccc(C)cc1. The Morgan fingerprint density at radius 2 is 1.44 bits per heavy atom. The predicted octanol–water partition coefficient (Wildman–Crippen LogP) is 6.62. The number of hydrogen-bond acceptors (Lipinski definition) is 5. The quantitative estimate of drug-likeness (QED) is 0.180. The van der Waals surface area contributed by atoms with Gasteiger partial charge < -0.3 is 15.0 Å². The van der Waals surface area contributed by atoms with Gasteiger partial charge in [0.1, 0.15) is 24.1 Å². The lowest BCUT2D eigenvalue weighted by atomic mass is 10.1. The van der Waals surface area contributed by atoms with Crippen LogP contribution < -0.4 is 14.4 Å². The molecule has 0 unspecified atom stereocenters. The van der Waals surface area contributed by atoms with E-state index in [0.717, 1.165) is 27.4 Å². The molecule has 2 atom stereocenters. The highest BCUT2D eigenvalue weighted by Crippen LogP contribution is 2.29. The molecule has 4 aromatic carbocycles. The van der Waals surface area contributed by atoms with Gasteiger partial charge in [-0.2, -0.15) is 0 Å². The highest BCUT2D eigenvalue weighted by atomic mass is 32.2. The van der Waals surface area contributed by atoms with Crippen LogP contribution in [0.15, 0.2) is 108 Å². The van der Waals surface area contributed by atoms with Gasteiger partial charge in [-0.1, -0.05) is 72.6 Å². The first-order valence-corrected chi connectivity index (χ1v) is 16.5. The third-order valence-electron chi connectivity index (χ3n) is 7.60. The normalized spacial score (nSPS) is 12.6. The number of benzene rings is 4. The molecule has 0 heterocycles. The number of amides is 2. The van der Waals surface area contributed by atoms with Crippen molar-refractivity contribution in [2.45, 2.75) is 64.6 Å². The van der Waals surface area contributed by atoms with Crippen LogP contribution in [0, 0.1) is 13.8 Å². The van der Waals surface area contributed by atoms with Crippen LogP contribution in [-0.4, -0.2) is 43.8 Å². The van der Waals surface area contributed by atoms with Crippen molar-refractivity contribution in [3.63, 3.8) is 0 Å². The summed E-state index contributed by atoms with van der Waals surface area (Å²) in [5.74, 6) is 0.339. The van der Waals surface area contributed by atoms with Crippen molar-refractivity contribution >= 4 is 27.5 Å². The summed E-state index contributed by atoms with van der Waals surface area (Å²) in [6.07, 6.45) is 0.733. The lowest BCUT2D eigenvalue weighted by Gasteiger charge is -2.32. The van der Waals surface area contributed by atoms with E-state index < -0.39 is 28.5 Å². The molecule has 4 rings (SSSR count). The molecule has 0 saturated heterocycles. The van der Waals surface area contributed by atoms with Crippen molar-refractivity contribution in [2.24, 2.45) is 0 Å². The number of rotatable bonds is 13. The maximum atomic E-state index is 14.2. The summed E-state index contributed by atoms with van der Waals surface area (Å²) in [5.41, 5.74) is 3.04. The van der Waals surface area contributed by atoms with E-state index >= 15 is 0 Å². The van der Waals surface area contributed by atoms with Gasteiger partial charge in [0.2, 0.25) is 11.8 Å². The zero-order valence-corrected chi connectivity index (χ0v) is 27.3. The zero-order valence-electron chi connectivity index (χ0n) is 26.4. The minimum atomic E-state index is -4.18. The Balaban J connectivity index is 1.70. The van der Waals surface area contributed by atoms with Crippen molar-refractivity contribution < 1.29 is 22.7 Å². The van der Waals surface area contributed by atoms with E-state index in [1.165, 1.54) is 17.0 Å². The second-order valence-electron chi connectivity index (χ2n) is 11.2. The standard InChI is InChI=1S/C36H41N3O5S/c1-6-28(4)37-36(41)29(5)38(24-30-12-10-11-27(3)23-30)35(40)25-39(45(42,43)34-21-15-26(2)16-22-34)31-17-19-33(20-18-31)44-32-13-8-7-9-14-32/h7-23,28-29H,6,24-25H2,1-5H3,(H,37,41)/t28-,29-/m0/s1.